The van der Waals surface area contributed by atoms with Gasteiger partial charge in [0, 0.05) is 23.5 Å². The summed E-state index contributed by atoms with van der Waals surface area (Å²) in [6, 6.07) is 4.16. The van der Waals surface area contributed by atoms with Gasteiger partial charge in [0.15, 0.2) is 0 Å². The molecule has 0 aliphatic heterocycles. The minimum atomic E-state index is -4.52. The molecule has 1 aromatic carbocycles. The van der Waals surface area contributed by atoms with Crippen molar-refractivity contribution in [1.29, 1.82) is 0 Å². The van der Waals surface area contributed by atoms with Gasteiger partial charge in [0.2, 0.25) is 0 Å². The molecule has 0 saturated heterocycles. The highest BCUT2D eigenvalue weighted by Gasteiger charge is 2.40. The molecule has 1 aliphatic carbocycles. The van der Waals surface area contributed by atoms with Crippen molar-refractivity contribution < 1.29 is 13.2 Å². The molecule has 162 valence electrons. The largest absolute Gasteiger partial charge is 0.416 e. The number of hydrogen-bond donors (Lipinski definition) is 2. The van der Waals surface area contributed by atoms with Crippen molar-refractivity contribution in [2.75, 3.05) is 11.1 Å². The predicted octanol–water partition coefficient (Wildman–Crippen LogP) is 4.55. The van der Waals surface area contributed by atoms with Crippen molar-refractivity contribution in [3.8, 4) is 0 Å². The second kappa shape index (κ2) is 7.11. The lowest BCUT2D eigenvalue weighted by Gasteiger charge is -2.20. The number of hydrogen-bond acceptors (Lipinski definition) is 5. The fourth-order valence-electron chi connectivity index (χ4n) is 3.62. The van der Waals surface area contributed by atoms with Crippen LogP contribution in [0.25, 0.3) is 10.9 Å². The number of nitrogens with one attached hydrogen (secondary N) is 1. The molecule has 1 aliphatic rings. The third-order valence-electron chi connectivity index (χ3n) is 5.59. The molecule has 1 atom stereocenters. The molecule has 6 nitrogen and oxygen atoms in total. The van der Waals surface area contributed by atoms with Gasteiger partial charge >= 0.3 is 6.18 Å². The standard InChI is InChI=1S/C22H22F3N5O/c1-4-17(13-7-14(22(23,24)25)9-15(26)8-13)29-20-16-11-30(21(3)5-6-21)19(31)10-18(16)27-12(2)28-20/h4,7-11,17H,1,5-6,26H2,2-3H3,(H,27,28,29)/t17-/m1/s1. The van der Waals surface area contributed by atoms with Gasteiger partial charge in [-0.25, -0.2) is 9.97 Å². The number of halogens is 3. The van der Waals surface area contributed by atoms with Crippen LogP contribution >= 0.6 is 0 Å². The van der Waals surface area contributed by atoms with Crippen LogP contribution in [0.2, 0.25) is 0 Å². The fraction of sp³-hybridized carbons (Fsp3) is 0.318. The maximum absolute atomic E-state index is 13.2. The molecule has 2 heterocycles. The lowest BCUT2D eigenvalue weighted by molar-refractivity contribution is -0.137. The molecule has 0 radical (unpaired) electrons. The summed E-state index contributed by atoms with van der Waals surface area (Å²) < 4.78 is 41.4. The van der Waals surface area contributed by atoms with Gasteiger partial charge in [-0.2, -0.15) is 13.2 Å². The average Bonchev–Trinajstić information content (AvgIpc) is 3.42. The van der Waals surface area contributed by atoms with E-state index < -0.39 is 17.8 Å². The Morgan fingerprint density at radius 1 is 1.26 bits per heavy atom. The van der Waals surface area contributed by atoms with Crippen LogP contribution in [0, 0.1) is 6.92 Å². The Bertz CT molecular complexity index is 1240. The molecule has 0 bridgehead atoms. The Hall–Kier alpha value is -3.36. The van der Waals surface area contributed by atoms with Gasteiger partial charge in [-0.15, -0.1) is 6.58 Å². The summed E-state index contributed by atoms with van der Waals surface area (Å²) in [6.07, 6.45) is 0.465. The van der Waals surface area contributed by atoms with Gasteiger partial charge in [-0.1, -0.05) is 6.08 Å². The van der Waals surface area contributed by atoms with Crippen LogP contribution in [0.5, 0.6) is 0 Å². The highest BCUT2D eigenvalue weighted by molar-refractivity contribution is 5.88. The van der Waals surface area contributed by atoms with E-state index in [4.69, 9.17) is 5.73 Å². The van der Waals surface area contributed by atoms with E-state index in [1.54, 1.807) is 17.7 Å². The van der Waals surface area contributed by atoms with E-state index in [-0.39, 0.29) is 16.8 Å². The van der Waals surface area contributed by atoms with Crippen molar-refractivity contribution in [3.63, 3.8) is 0 Å². The molecule has 3 N–H and O–H groups in total. The first-order valence-electron chi connectivity index (χ1n) is 9.78. The number of aromatic nitrogens is 3. The molecule has 4 rings (SSSR count). The lowest BCUT2D eigenvalue weighted by atomic mass is 10.0. The van der Waals surface area contributed by atoms with Crippen molar-refractivity contribution in [3.05, 3.63) is 70.4 Å². The van der Waals surface area contributed by atoms with E-state index in [1.165, 1.54) is 18.2 Å². The van der Waals surface area contributed by atoms with Crippen LogP contribution in [0.1, 0.15) is 42.8 Å². The first-order chi connectivity index (χ1) is 14.5. The number of fused-ring (bicyclic) bond motifs is 1. The second-order valence-corrected chi connectivity index (χ2v) is 8.14. The number of nitrogens with zero attached hydrogens (tertiary/aromatic N) is 3. The molecule has 0 spiro atoms. The highest BCUT2D eigenvalue weighted by Crippen LogP contribution is 2.42. The van der Waals surface area contributed by atoms with Crippen molar-refractivity contribution >= 4 is 22.4 Å². The van der Waals surface area contributed by atoms with Gasteiger partial charge in [-0.3, -0.25) is 4.79 Å². The van der Waals surface area contributed by atoms with E-state index in [1.807, 2.05) is 6.92 Å². The summed E-state index contributed by atoms with van der Waals surface area (Å²) >= 11 is 0. The minimum Gasteiger partial charge on any atom is -0.399 e. The Morgan fingerprint density at radius 3 is 2.58 bits per heavy atom. The number of benzene rings is 1. The molecule has 1 fully saturated rings. The topological polar surface area (TPSA) is 85.8 Å². The Kier molecular flexibility index (Phi) is 4.79. The van der Waals surface area contributed by atoms with Gasteiger partial charge in [0.25, 0.3) is 5.56 Å². The SMILES string of the molecule is C=C[C@@H](Nc1nc(C)nc2cc(=O)n(C3(C)CC3)cc12)c1cc(N)cc(C(F)(F)F)c1. The first kappa shape index (κ1) is 20.9. The molecule has 9 heteroatoms. The van der Waals surface area contributed by atoms with Gasteiger partial charge in [0.05, 0.1) is 22.5 Å². The van der Waals surface area contributed by atoms with Gasteiger partial charge < -0.3 is 15.6 Å². The third kappa shape index (κ3) is 3.99. The molecule has 3 aromatic rings. The van der Waals surface area contributed by atoms with E-state index in [2.05, 4.69) is 21.9 Å². The number of nitrogen functional groups attached to an aromatic ring is 1. The fourth-order valence-corrected chi connectivity index (χ4v) is 3.62. The van der Waals surface area contributed by atoms with Gasteiger partial charge in [-0.05, 0) is 50.5 Å². The van der Waals surface area contributed by atoms with E-state index >= 15 is 0 Å². The molecule has 2 aromatic heterocycles. The number of pyridine rings is 1. The smallest absolute Gasteiger partial charge is 0.399 e. The predicted molar refractivity (Wildman–Crippen MR) is 114 cm³/mol. The van der Waals surface area contributed by atoms with Crippen molar-refractivity contribution in [2.24, 2.45) is 0 Å². The molecular formula is C22H22F3N5O. The highest BCUT2D eigenvalue weighted by atomic mass is 19.4. The normalized spacial score (nSPS) is 16.2. The average molecular weight is 429 g/mol. The summed E-state index contributed by atoms with van der Waals surface area (Å²) in [5.74, 6) is 0.831. The summed E-state index contributed by atoms with van der Waals surface area (Å²) in [5.41, 5.74) is 5.26. The van der Waals surface area contributed by atoms with Crippen molar-refractivity contribution in [2.45, 2.75) is 44.4 Å². The first-order valence-corrected chi connectivity index (χ1v) is 9.78. The summed E-state index contributed by atoms with van der Waals surface area (Å²) in [6.45, 7) is 7.44. The maximum atomic E-state index is 13.2. The second-order valence-electron chi connectivity index (χ2n) is 8.14. The number of nitrogens with two attached hydrogens (primary N) is 1. The summed E-state index contributed by atoms with van der Waals surface area (Å²) in [5, 5.41) is 3.75. The monoisotopic (exact) mass is 429 g/mol. The Balaban J connectivity index is 1.81. The lowest BCUT2D eigenvalue weighted by Crippen LogP contribution is -2.27. The third-order valence-corrected chi connectivity index (χ3v) is 5.59. The van der Waals surface area contributed by atoms with Gasteiger partial charge in [0.1, 0.15) is 11.6 Å². The van der Waals surface area contributed by atoms with Crippen LogP contribution in [0.3, 0.4) is 0 Å². The van der Waals surface area contributed by atoms with Crippen LogP contribution in [0.4, 0.5) is 24.7 Å². The Morgan fingerprint density at radius 2 is 1.97 bits per heavy atom. The number of anilines is 2. The molecule has 0 unspecified atom stereocenters. The van der Waals surface area contributed by atoms with Crippen LogP contribution < -0.4 is 16.6 Å². The summed E-state index contributed by atoms with van der Waals surface area (Å²) in [7, 11) is 0. The molecule has 0 amide bonds. The zero-order chi connectivity index (χ0) is 22.6. The quantitative estimate of drug-likeness (QED) is 0.459. The molecule has 1 saturated carbocycles. The molecular weight excluding hydrogens is 407 g/mol. The van der Waals surface area contributed by atoms with E-state index in [0.29, 0.717) is 28.1 Å². The summed E-state index contributed by atoms with van der Waals surface area (Å²) in [4.78, 5) is 21.3. The van der Waals surface area contributed by atoms with E-state index in [9.17, 15) is 18.0 Å². The molecule has 31 heavy (non-hydrogen) atoms. The number of aryl methyl sites for hydroxylation is 1. The Labute approximate surface area is 176 Å². The van der Waals surface area contributed by atoms with Crippen LogP contribution in [0.15, 0.2) is 47.9 Å². The zero-order valence-electron chi connectivity index (χ0n) is 17.1. The van der Waals surface area contributed by atoms with E-state index in [0.717, 1.165) is 25.0 Å². The zero-order valence-corrected chi connectivity index (χ0v) is 17.1. The minimum absolute atomic E-state index is 0.00213. The number of rotatable bonds is 5. The maximum Gasteiger partial charge on any atom is 0.416 e. The van der Waals surface area contributed by atoms with Crippen LogP contribution in [-0.2, 0) is 11.7 Å². The van der Waals surface area contributed by atoms with Crippen LogP contribution in [-0.4, -0.2) is 14.5 Å². The number of alkyl halides is 3. The van der Waals surface area contributed by atoms with Crippen molar-refractivity contribution in [1.82, 2.24) is 14.5 Å².